The lowest BCUT2D eigenvalue weighted by Gasteiger charge is -2.21. The maximum absolute atomic E-state index is 12.8. The molecule has 1 aromatic carbocycles. The number of nitrogens with zero attached hydrogens (tertiary/aromatic N) is 2. The molecule has 2 rings (SSSR count). The molecule has 0 spiro atoms. The average molecular weight is 310 g/mol. The van der Waals surface area contributed by atoms with E-state index in [0.29, 0.717) is 0 Å². The summed E-state index contributed by atoms with van der Waals surface area (Å²) in [6.45, 7) is 1.73. The smallest absolute Gasteiger partial charge is 0.266 e. The molecule has 0 radical (unpaired) electrons. The summed E-state index contributed by atoms with van der Waals surface area (Å²) in [4.78, 5) is 21.3. The van der Waals surface area contributed by atoms with Crippen LogP contribution in [-0.2, 0) is 11.0 Å². The summed E-state index contributed by atoms with van der Waals surface area (Å²) < 4.78 is 38.3. The highest BCUT2D eigenvalue weighted by molar-refractivity contribution is 6.04. The van der Waals surface area contributed by atoms with E-state index in [1.807, 2.05) is 0 Å². The van der Waals surface area contributed by atoms with E-state index in [1.165, 1.54) is 0 Å². The number of hydrogen-bond acceptors (Lipinski definition) is 3. The first-order chi connectivity index (χ1) is 10.4. The number of carbonyl (C=O) groups excluding carboxylic acids is 1. The number of carbonyl (C=O) groups is 1. The first-order valence-electron chi connectivity index (χ1n) is 6.49. The van der Waals surface area contributed by atoms with Gasteiger partial charge in [0.25, 0.3) is 5.91 Å². The van der Waals surface area contributed by atoms with E-state index in [2.05, 4.69) is 4.98 Å². The number of pyridine rings is 1. The Bertz CT molecular complexity index is 645. The fraction of sp³-hybridized carbons (Fsp3) is 0.200. The van der Waals surface area contributed by atoms with Gasteiger partial charge in [0.1, 0.15) is 0 Å². The van der Waals surface area contributed by atoms with E-state index in [-0.39, 0.29) is 18.0 Å². The summed E-state index contributed by atoms with van der Waals surface area (Å²) in [6, 6.07) is 9.72. The highest BCUT2D eigenvalue weighted by Gasteiger charge is 2.32. The van der Waals surface area contributed by atoms with Gasteiger partial charge >= 0.3 is 6.18 Å². The minimum absolute atomic E-state index is 0.108. The Morgan fingerprint density at radius 3 is 2.50 bits per heavy atom. The monoisotopic (exact) mass is 310 g/mol. The molecule has 0 fully saturated rings. The van der Waals surface area contributed by atoms with E-state index in [4.69, 9.17) is 4.84 Å². The van der Waals surface area contributed by atoms with Gasteiger partial charge < -0.3 is 0 Å². The van der Waals surface area contributed by atoms with Crippen molar-refractivity contribution >= 4 is 11.7 Å². The van der Waals surface area contributed by atoms with Gasteiger partial charge in [-0.3, -0.25) is 9.63 Å². The Balaban J connectivity index is 2.38. The fourth-order valence-electron chi connectivity index (χ4n) is 1.76. The van der Waals surface area contributed by atoms with Gasteiger partial charge in [0.15, 0.2) is 5.82 Å². The van der Waals surface area contributed by atoms with Crippen LogP contribution in [0.3, 0.4) is 0 Å². The van der Waals surface area contributed by atoms with Crippen LogP contribution in [0.1, 0.15) is 22.8 Å². The standard InChI is InChI=1S/C15H13F3N2O2/c1-2-22-20(14(21)11-6-4-3-5-7-11)13-10-12(8-9-19-13)15(16,17)18/h3-10H,2H2,1H3. The van der Waals surface area contributed by atoms with Crippen LogP contribution in [0.2, 0.25) is 0 Å². The van der Waals surface area contributed by atoms with E-state index in [1.54, 1.807) is 37.3 Å². The van der Waals surface area contributed by atoms with Gasteiger partial charge in [-0.15, -0.1) is 0 Å². The van der Waals surface area contributed by atoms with Crippen molar-refractivity contribution in [2.45, 2.75) is 13.1 Å². The maximum atomic E-state index is 12.8. The van der Waals surface area contributed by atoms with Gasteiger partial charge in [-0.2, -0.15) is 18.2 Å². The number of hydroxylamine groups is 1. The Kier molecular flexibility index (Phi) is 4.77. The third-order valence-electron chi connectivity index (χ3n) is 2.74. The SMILES string of the molecule is CCON(C(=O)c1ccccc1)c1cc(C(F)(F)F)ccn1. The summed E-state index contributed by atoms with van der Waals surface area (Å²) in [7, 11) is 0. The summed E-state index contributed by atoms with van der Waals surface area (Å²) in [5.74, 6) is -0.806. The third kappa shape index (κ3) is 3.62. The normalized spacial score (nSPS) is 11.3. The number of amides is 1. The Labute approximate surface area is 125 Å². The third-order valence-corrected chi connectivity index (χ3v) is 2.74. The molecule has 1 aromatic heterocycles. The zero-order valence-electron chi connectivity index (χ0n) is 11.7. The quantitative estimate of drug-likeness (QED) is 0.809. The molecule has 7 heteroatoms. The van der Waals surface area contributed by atoms with Crippen molar-refractivity contribution in [3.63, 3.8) is 0 Å². The molecular weight excluding hydrogens is 297 g/mol. The summed E-state index contributed by atoms with van der Waals surface area (Å²) >= 11 is 0. The van der Waals surface area contributed by atoms with E-state index < -0.39 is 17.6 Å². The van der Waals surface area contributed by atoms with Crippen molar-refractivity contribution in [2.75, 3.05) is 11.7 Å². The lowest BCUT2D eigenvalue weighted by molar-refractivity contribution is -0.137. The number of aromatic nitrogens is 1. The Morgan fingerprint density at radius 2 is 1.91 bits per heavy atom. The van der Waals surface area contributed by atoms with Crippen LogP contribution in [0, 0.1) is 0 Å². The van der Waals surface area contributed by atoms with Crippen molar-refractivity contribution in [2.24, 2.45) is 0 Å². The molecule has 0 aliphatic heterocycles. The number of halogens is 3. The van der Waals surface area contributed by atoms with Gasteiger partial charge in [0.05, 0.1) is 12.2 Å². The van der Waals surface area contributed by atoms with Gasteiger partial charge in [-0.25, -0.2) is 4.98 Å². The van der Waals surface area contributed by atoms with Gasteiger partial charge in [-0.05, 0) is 31.2 Å². The van der Waals surface area contributed by atoms with Gasteiger partial charge in [0.2, 0.25) is 0 Å². The molecule has 0 N–H and O–H groups in total. The molecule has 0 bridgehead atoms. The number of rotatable bonds is 4. The predicted octanol–water partition coefficient (Wildman–Crippen LogP) is 3.70. The highest BCUT2D eigenvalue weighted by Crippen LogP contribution is 2.31. The van der Waals surface area contributed by atoms with Crippen molar-refractivity contribution in [1.29, 1.82) is 0 Å². The largest absolute Gasteiger partial charge is 0.416 e. The molecule has 116 valence electrons. The molecule has 0 aliphatic rings. The van der Waals surface area contributed by atoms with Crippen LogP contribution in [0.4, 0.5) is 19.0 Å². The van der Waals surface area contributed by atoms with Crippen molar-refractivity contribution in [3.05, 3.63) is 59.8 Å². The van der Waals surface area contributed by atoms with E-state index >= 15 is 0 Å². The first-order valence-corrected chi connectivity index (χ1v) is 6.49. The maximum Gasteiger partial charge on any atom is 0.416 e. The minimum atomic E-state index is -4.52. The molecule has 22 heavy (non-hydrogen) atoms. The summed E-state index contributed by atoms with van der Waals surface area (Å²) in [5.41, 5.74) is -0.613. The van der Waals surface area contributed by atoms with Crippen LogP contribution < -0.4 is 5.06 Å². The second kappa shape index (κ2) is 6.57. The summed E-state index contributed by atoms with van der Waals surface area (Å²) in [5, 5.41) is 0.768. The Hall–Kier alpha value is -2.41. The lowest BCUT2D eigenvalue weighted by atomic mass is 10.2. The molecule has 0 saturated carbocycles. The van der Waals surface area contributed by atoms with Crippen LogP contribution in [0.25, 0.3) is 0 Å². The topological polar surface area (TPSA) is 42.4 Å². The molecule has 1 heterocycles. The molecular formula is C15H13F3N2O2. The molecule has 0 atom stereocenters. The van der Waals surface area contributed by atoms with Gasteiger partial charge in [-0.1, -0.05) is 18.2 Å². The number of alkyl halides is 3. The number of hydrogen-bond donors (Lipinski definition) is 0. The lowest BCUT2D eigenvalue weighted by Crippen LogP contribution is -2.32. The van der Waals surface area contributed by atoms with Crippen LogP contribution in [0.5, 0.6) is 0 Å². The van der Waals surface area contributed by atoms with E-state index in [9.17, 15) is 18.0 Å². The molecule has 4 nitrogen and oxygen atoms in total. The van der Waals surface area contributed by atoms with Crippen LogP contribution in [0.15, 0.2) is 48.7 Å². The van der Waals surface area contributed by atoms with Crippen LogP contribution >= 0.6 is 0 Å². The molecule has 1 amide bonds. The number of anilines is 1. The van der Waals surface area contributed by atoms with Gasteiger partial charge in [0, 0.05) is 11.8 Å². The minimum Gasteiger partial charge on any atom is -0.266 e. The zero-order chi connectivity index (χ0) is 16.2. The average Bonchev–Trinajstić information content (AvgIpc) is 2.52. The Morgan fingerprint density at radius 1 is 1.23 bits per heavy atom. The number of benzene rings is 1. The molecule has 0 saturated heterocycles. The summed E-state index contributed by atoms with van der Waals surface area (Å²) in [6.07, 6.45) is -3.53. The second-order valence-electron chi connectivity index (χ2n) is 4.28. The molecule has 2 aromatic rings. The predicted molar refractivity (Wildman–Crippen MR) is 74.1 cm³/mol. The van der Waals surface area contributed by atoms with Crippen molar-refractivity contribution < 1.29 is 22.8 Å². The first kappa shape index (κ1) is 16.0. The molecule has 0 aliphatic carbocycles. The van der Waals surface area contributed by atoms with Crippen molar-refractivity contribution in [1.82, 2.24) is 4.98 Å². The second-order valence-corrected chi connectivity index (χ2v) is 4.28. The van der Waals surface area contributed by atoms with Crippen molar-refractivity contribution in [3.8, 4) is 0 Å². The zero-order valence-corrected chi connectivity index (χ0v) is 11.7. The molecule has 0 unspecified atom stereocenters. The highest BCUT2D eigenvalue weighted by atomic mass is 19.4. The van der Waals surface area contributed by atoms with Crippen LogP contribution in [-0.4, -0.2) is 17.5 Å². The van der Waals surface area contributed by atoms with E-state index in [0.717, 1.165) is 23.4 Å². The fourth-order valence-corrected chi connectivity index (χ4v) is 1.76.